The van der Waals surface area contributed by atoms with Gasteiger partial charge in [-0.25, -0.2) is 0 Å². The lowest BCUT2D eigenvalue weighted by atomic mass is 10.0. The van der Waals surface area contributed by atoms with Crippen molar-refractivity contribution in [2.45, 2.75) is 33.0 Å². The van der Waals surface area contributed by atoms with Gasteiger partial charge in [0.25, 0.3) is 0 Å². The highest BCUT2D eigenvalue weighted by Crippen LogP contribution is 2.26. The van der Waals surface area contributed by atoms with Gasteiger partial charge in [-0.15, -0.1) is 0 Å². The maximum atomic E-state index is 13.5. The zero-order valence-corrected chi connectivity index (χ0v) is 18.8. The zero-order chi connectivity index (χ0) is 22.9. The minimum Gasteiger partial charge on any atom is -0.497 e. The lowest BCUT2D eigenvalue weighted by molar-refractivity contribution is -0.144. The van der Waals surface area contributed by atoms with E-state index in [9.17, 15) is 9.59 Å². The van der Waals surface area contributed by atoms with Crippen LogP contribution in [-0.2, 0) is 22.7 Å². The van der Waals surface area contributed by atoms with Gasteiger partial charge in [-0.1, -0.05) is 86.6 Å². The van der Waals surface area contributed by atoms with Gasteiger partial charge in [0.15, 0.2) is 0 Å². The molecular formula is C27H30N2O3. The summed E-state index contributed by atoms with van der Waals surface area (Å²) in [7, 11) is 1.62. The molecule has 0 aliphatic carbocycles. The van der Waals surface area contributed by atoms with E-state index < -0.39 is 6.04 Å². The minimum atomic E-state index is -0.732. The topological polar surface area (TPSA) is 58.6 Å². The van der Waals surface area contributed by atoms with Crippen molar-refractivity contribution in [3.8, 4) is 5.75 Å². The maximum absolute atomic E-state index is 13.5. The van der Waals surface area contributed by atoms with Crippen LogP contribution < -0.4 is 10.1 Å². The van der Waals surface area contributed by atoms with Crippen LogP contribution in [0.1, 0.15) is 36.6 Å². The smallest absolute Gasteiger partial charge is 0.247 e. The van der Waals surface area contributed by atoms with Crippen LogP contribution >= 0.6 is 0 Å². The molecule has 3 aromatic carbocycles. The van der Waals surface area contributed by atoms with E-state index in [1.165, 1.54) is 0 Å². The Kier molecular flexibility index (Phi) is 8.03. The Labute approximate surface area is 190 Å². The van der Waals surface area contributed by atoms with Gasteiger partial charge in [-0.05, 0) is 28.8 Å². The molecule has 0 radical (unpaired) electrons. The molecule has 166 valence electrons. The molecule has 5 nitrogen and oxygen atoms in total. The molecular weight excluding hydrogens is 400 g/mol. The number of methoxy groups -OCH3 is 1. The molecule has 32 heavy (non-hydrogen) atoms. The van der Waals surface area contributed by atoms with E-state index in [1.807, 2.05) is 98.8 Å². The van der Waals surface area contributed by atoms with Crippen molar-refractivity contribution in [1.29, 1.82) is 0 Å². The number of hydrogen-bond donors (Lipinski definition) is 1. The third-order valence-corrected chi connectivity index (χ3v) is 5.27. The number of hydrogen-bond acceptors (Lipinski definition) is 3. The summed E-state index contributed by atoms with van der Waals surface area (Å²) in [6.45, 7) is 4.43. The molecule has 0 saturated heterocycles. The summed E-state index contributed by atoms with van der Waals surface area (Å²) in [5.41, 5.74) is 2.71. The van der Waals surface area contributed by atoms with Crippen LogP contribution in [-0.4, -0.2) is 23.8 Å². The van der Waals surface area contributed by atoms with Crippen LogP contribution in [0.5, 0.6) is 5.75 Å². The number of carbonyl (C=O) groups excluding carboxylic acids is 2. The Bertz CT molecular complexity index is 1000. The summed E-state index contributed by atoms with van der Waals surface area (Å²) < 4.78 is 5.20. The molecule has 0 fully saturated rings. The van der Waals surface area contributed by atoms with Gasteiger partial charge in [-0.3, -0.25) is 9.59 Å². The normalized spacial score (nSPS) is 11.6. The first kappa shape index (κ1) is 23.1. The third-order valence-electron chi connectivity index (χ3n) is 5.27. The van der Waals surface area contributed by atoms with Crippen LogP contribution in [0.25, 0.3) is 0 Å². The van der Waals surface area contributed by atoms with Crippen LogP contribution in [0.15, 0.2) is 84.9 Å². The molecule has 5 heteroatoms. The Hall–Kier alpha value is -3.60. The maximum Gasteiger partial charge on any atom is 0.247 e. The van der Waals surface area contributed by atoms with Gasteiger partial charge in [0, 0.05) is 19.0 Å². The molecule has 1 N–H and O–H groups in total. The standard InChI is InChI=1S/C27H30N2O3/c1-20(2)27(31)29(19-22-10-6-4-7-11-22)25(23-12-8-5-9-13-23)26(30)28-18-21-14-16-24(32-3)17-15-21/h4-17,20,25H,18-19H2,1-3H3,(H,28,30)/t25-/m1/s1. The average Bonchev–Trinajstić information content (AvgIpc) is 2.83. The first-order chi connectivity index (χ1) is 15.5. The molecule has 0 bridgehead atoms. The molecule has 3 rings (SSSR count). The van der Waals surface area contributed by atoms with Gasteiger partial charge in [-0.2, -0.15) is 0 Å². The summed E-state index contributed by atoms with van der Waals surface area (Å²) in [5.74, 6) is 0.248. The van der Waals surface area contributed by atoms with Crippen LogP contribution in [0.3, 0.4) is 0 Å². The van der Waals surface area contributed by atoms with Crippen LogP contribution in [0.2, 0.25) is 0 Å². The second-order valence-corrected chi connectivity index (χ2v) is 7.99. The van der Waals surface area contributed by atoms with Gasteiger partial charge >= 0.3 is 0 Å². The number of benzene rings is 3. The molecule has 0 spiro atoms. The molecule has 0 saturated carbocycles. The zero-order valence-electron chi connectivity index (χ0n) is 18.8. The first-order valence-corrected chi connectivity index (χ1v) is 10.8. The third kappa shape index (κ3) is 5.97. The van der Waals surface area contributed by atoms with Crippen molar-refractivity contribution >= 4 is 11.8 Å². The van der Waals surface area contributed by atoms with Gasteiger partial charge in [0.05, 0.1) is 7.11 Å². The Morgan fingerprint density at radius 1 is 0.844 bits per heavy atom. The number of rotatable bonds is 9. The quantitative estimate of drug-likeness (QED) is 0.534. The van der Waals surface area contributed by atoms with E-state index in [0.717, 1.165) is 22.4 Å². The average molecular weight is 431 g/mol. The fourth-order valence-corrected chi connectivity index (χ4v) is 3.55. The predicted molar refractivity (Wildman–Crippen MR) is 126 cm³/mol. The van der Waals surface area contributed by atoms with Gasteiger partial charge in [0.1, 0.15) is 11.8 Å². The molecule has 2 amide bonds. The second-order valence-electron chi connectivity index (χ2n) is 7.99. The Morgan fingerprint density at radius 3 is 2.00 bits per heavy atom. The van der Waals surface area contributed by atoms with Crippen molar-refractivity contribution < 1.29 is 14.3 Å². The summed E-state index contributed by atoms with van der Waals surface area (Å²) >= 11 is 0. The second kappa shape index (κ2) is 11.1. The fourth-order valence-electron chi connectivity index (χ4n) is 3.55. The minimum absolute atomic E-state index is 0.0673. The number of carbonyl (C=O) groups is 2. The largest absolute Gasteiger partial charge is 0.497 e. The highest BCUT2D eigenvalue weighted by atomic mass is 16.5. The highest BCUT2D eigenvalue weighted by Gasteiger charge is 2.32. The molecule has 0 unspecified atom stereocenters. The lowest BCUT2D eigenvalue weighted by Crippen LogP contribution is -2.44. The van der Waals surface area contributed by atoms with Crippen LogP contribution in [0.4, 0.5) is 0 Å². The summed E-state index contributed by atoms with van der Waals surface area (Å²) in [6, 6.07) is 26.0. The molecule has 0 heterocycles. The van der Waals surface area contributed by atoms with E-state index >= 15 is 0 Å². The first-order valence-electron chi connectivity index (χ1n) is 10.8. The van der Waals surface area contributed by atoms with Gasteiger partial charge < -0.3 is 15.0 Å². The van der Waals surface area contributed by atoms with Crippen molar-refractivity contribution in [2.24, 2.45) is 5.92 Å². The van der Waals surface area contributed by atoms with E-state index in [-0.39, 0.29) is 17.7 Å². The Morgan fingerprint density at radius 2 is 1.44 bits per heavy atom. The lowest BCUT2D eigenvalue weighted by Gasteiger charge is -2.33. The highest BCUT2D eigenvalue weighted by molar-refractivity contribution is 5.89. The van der Waals surface area contributed by atoms with E-state index in [0.29, 0.717) is 13.1 Å². The molecule has 0 aliphatic rings. The number of nitrogens with zero attached hydrogens (tertiary/aromatic N) is 1. The number of ether oxygens (including phenoxy) is 1. The molecule has 0 aromatic heterocycles. The molecule has 0 aliphatic heterocycles. The summed E-state index contributed by atoms with van der Waals surface area (Å²) in [6.07, 6.45) is 0. The van der Waals surface area contributed by atoms with E-state index in [2.05, 4.69) is 5.32 Å². The summed E-state index contributed by atoms with van der Waals surface area (Å²) in [4.78, 5) is 28.4. The monoisotopic (exact) mass is 430 g/mol. The van der Waals surface area contributed by atoms with Gasteiger partial charge in [0.2, 0.25) is 11.8 Å². The predicted octanol–water partition coefficient (Wildman–Crippen LogP) is 4.74. The number of amides is 2. The van der Waals surface area contributed by atoms with E-state index in [4.69, 9.17) is 4.74 Å². The van der Waals surface area contributed by atoms with E-state index in [1.54, 1.807) is 12.0 Å². The fraction of sp³-hybridized carbons (Fsp3) is 0.259. The van der Waals surface area contributed by atoms with Crippen molar-refractivity contribution in [3.05, 3.63) is 102 Å². The van der Waals surface area contributed by atoms with Crippen molar-refractivity contribution in [3.63, 3.8) is 0 Å². The van der Waals surface area contributed by atoms with Crippen LogP contribution in [0, 0.1) is 5.92 Å². The van der Waals surface area contributed by atoms with Crippen molar-refractivity contribution in [1.82, 2.24) is 10.2 Å². The summed E-state index contributed by atoms with van der Waals surface area (Å²) in [5, 5.41) is 3.02. The molecule has 3 aromatic rings. The molecule has 1 atom stereocenters. The SMILES string of the molecule is COc1ccc(CNC(=O)[C@@H](c2ccccc2)N(Cc2ccccc2)C(=O)C(C)C)cc1. The number of nitrogens with one attached hydrogen (secondary N) is 1. The Balaban J connectivity index is 1.89. The van der Waals surface area contributed by atoms with Crippen molar-refractivity contribution in [2.75, 3.05) is 7.11 Å².